The summed E-state index contributed by atoms with van der Waals surface area (Å²) in [6.07, 6.45) is 1.09. The van der Waals surface area contributed by atoms with Crippen molar-refractivity contribution in [2.45, 2.75) is 41.0 Å². The minimum Gasteiger partial charge on any atom is -0.376 e. The van der Waals surface area contributed by atoms with Gasteiger partial charge in [-0.05, 0) is 25.7 Å². The molecule has 0 aliphatic rings. The number of hydrogen-bond acceptors (Lipinski definition) is 1. The molecule has 0 fully saturated rings. The second-order valence-electron chi connectivity index (χ2n) is 4.48. The van der Waals surface area contributed by atoms with E-state index in [4.69, 9.17) is 0 Å². The standard InChI is InChI=1S/C11H23N/c1-7-12(8-2)10(3)9-11(4,5)6/h3,7-9H2,1-2,4-6H3. The average Bonchev–Trinajstić information content (AvgIpc) is 1.85. The maximum absolute atomic E-state index is 4.11. The lowest BCUT2D eigenvalue weighted by Crippen LogP contribution is -2.24. The minimum absolute atomic E-state index is 0.361. The molecule has 12 heavy (non-hydrogen) atoms. The van der Waals surface area contributed by atoms with Crippen molar-refractivity contribution in [1.82, 2.24) is 4.90 Å². The maximum Gasteiger partial charge on any atom is 0.0146 e. The molecule has 0 aliphatic carbocycles. The van der Waals surface area contributed by atoms with Crippen LogP contribution in [0, 0.1) is 5.41 Å². The van der Waals surface area contributed by atoms with Crippen LogP contribution in [0.1, 0.15) is 41.0 Å². The smallest absolute Gasteiger partial charge is 0.0146 e. The lowest BCUT2D eigenvalue weighted by atomic mass is 9.90. The van der Waals surface area contributed by atoms with E-state index in [9.17, 15) is 0 Å². The normalized spacial score (nSPS) is 11.4. The molecule has 0 radical (unpaired) electrons. The van der Waals surface area contributed by atoms with Gasteiger partial charge in [-0.15, -0.1) is 0 Å². The van der Waals surface area contributed by atoms with E-state index in [0.717, 1.165) is 19.5 Å². The molecule has 0 unspecified atom stereocenters. The van der Waals surface area contributed by atoms with Gasteiger partial charge < -0.3 is 4.90 Å². The summed E-state index contributed by atoms with van der Waals surface area (Å²) < 4.78 is 0. The van der Waals surface area contributed by atoms with Gasteiger partial charge in [0.25, 0.3) is 0 Å². The van der Waals surface area contributed by atoms with Crippen LogP contribution in [0.4, 0.5) is 0 Å². The Bertz CT molecular complexity index is 138. The van der Waals surface area contributed by atoms with Crippen LogP contribution < -0.4 is 0 Å². The molecule has 0 aromatic rings. The Kier molecular flexibility index (Phi) is 4.36. The molecule has 0 saturated carbocycles. The van der Waals surface area contributed by atoms with E-state index in [0.29, 0.717) is 5.41 Å². The molecule has 72 valence electrons. The van der Waals surface area contributed by atoms with Gasteiger partial charge in [0.05, 0.1) is 0 Å². The highest BCUT2D eigenvalue weighted by Crippen LogP contribution is 2.24. The summed E-state index contributed by atoms with van der Waals surface area (Å²) in [4.78, 5) is 2.32. The molecular formula is C11H23N. The molecule has 0 saturated heterocycles. The highest BCUT2D eigenvalue weighted by Gasteiger charge is 2.14. The lowest BCUT2D eigenvalue weighted by Gasteiger charge is -2.28. The fraction of sp³-hybridized carbons (Fsp3) is 0.818. The quantitative estimate of drug-likeness (QED) is 0.624. The molecule has 0 bridgehead atoms. The molecule has 0 atom stereocenters. The first-order valence-corrected chi connectivity index (χ1v) is 4.83. The van der Waals surface area contributed by atoms with Crippen molar-refractivity contribution in [2.75, 3.05) is 13.1 Å². The fourth-order valence-corrected chi connectivity index (χ4v) is 1.39. The fourth-order valence-electron chi connectivity index (χ4n) is 1.39. The topological polar surface area (TPSA) is 3.24 Å². The monoisotopic (exact) mass is 169 g/mol. The largest absolute Gasteiger partial charge is 0.376 e. The Morgan fingerprint density at radius 3 is 1.83 bits per heavy atom. The predicted octanol–water partition coefficient (Wildman–Crippen LogP) is 3.28. The van der Waals surface area contributed by atoms with Crippen molar-refractivity contribution in [2.24, 2.45) is 5.41 Å². The van der Waals surface area contributed by atoms with Crippen molar-refractivity contribution in [3.8, 4) is 0 Å². The van der Waals surface area contributed by atoms with Crippen LogP contribution in [0.15, 0.2) is 12.3 Å². The van der Waals surface area contributed by atoms with Crippen LogP contribution in [0.2, 0.25) is 0 Å². The van der Waals surface area contributed by atoms with Crippen molar-refractivity contribution in [3.63, 3.8) is 0 Å². The van der Waals surface area contributed by atoms with Gasteiger partial charge in [-0.3, -0.25) is 0 Å². The van der Waals surface area contributed by atoms with E-state index >= 15 is 0 Å². The van der Waals surface area contributed by atoms with Gasteiger partial charge in [-0.2, -0.15) is 0 Å². The first-order valence-electron chi connectivity index (χ1n) is 4.83. The third kappa shape index (κ3) is 4.42. The van der Waals surface area contributed by atoms with E-state index in [1.165, 1.54) is 5.70 Å². The minimum atomic E-state index is 0.361. The Labute approximate surface area is 77.5 Å². The second-order valence-corrected chi connectivity index (χ2v) is 4.48. The Hall–Kier alpha value is -0.460. The van der Waals surface area contributed by atoms with Crippen molar-refractivity contribution < 1.29 is 0 Å². The van der Waals surface area contributed by atoms with E-state index in [2.05, 4.69) is 46.1 Å². The zero-order valence-corrected chi connectivity index (χ0v) is 9.28. The van der Waals surface area contributed by atoms with E-state index in [1.807, 2.05) is 0 Å². The van der Waals surface area contributed by atoms with Crippen LogP contribution in [0.3, 0.4) is 0 Å². The predicted molar refractivity (Wildman–Crippen MR) is 56.1 cm³/mol. The first-order chi connectivity index (χ1) is 5.40. The molecule has 1 heteroatoms. The van der Waals surface area contributed by atoms with E-state index in [-0.39, 0.29) is 0 Å². The summed E-state index contributed by atoms with van der Waals surface area (Å²) >= 11 is 0. The van der Waals surface area contributed by atoms with Crippen LogP contribution in [0.5, 0.6) is 0 Å². The van der Waals surface area contributed by atoms with Crippen LogP contribution in [0.25, 0.3) is 0 Å². The number of hydrogen-bond donors (Lipinski definition) is 0. The van der Waals surface area contributed by atoms with Gasteiger partial charge >= 0.3 is 0 Å². The maximum atomic E-state index is 4.11. The molecule has 0 aliphatic heterocycles. The van der Waals surface area contributed by atoms with Gasteiger partial charge in [0, 0.05) is 18.8 Å². The Morgan fingerprint density at radius 1 is 1.17 bits per heavy atom. The zero-order chi connectivity index (χ0) is 9.78. The van der Waals surface area contributed by atoms with Crippen molar-refractivity contribution in [3.05, 3.63) is 12.3 Å². The van der Waals surface area contributed by atoms with Crippen LogP contribution in [-0.4, -0.2) is 18.0 Å². The summed E-state index contributed by atoms with van der Waals surface area (Å²) in [6.45, 7) is 17.4. The Balaban J connectivity index is 4.02. The van der Waals surface area contributed by atoms with Crippen LogP contribution in [-0.2, 0) is 0 Å². The third-order valence-electron chi connectivity index (χ3n) is 1.95. The van der Waals surface area contributed by atoms with E-state index in [1.54, 1.807) is 0 Å². The number of allylic oxidation sites excluding steroid dienone is 1. The molecular weight excluding hydrogens is 146 g/mol. The molecule has 0 amide bonds. The zero-order valence-electron chi connectivity index (χ0n) is 9.28. The van der Waals surface area contributed by atoms with Gasteiger partial charge in [-0.25, -0.2) is 0 Å². The lowest BCUT2D eigenvalue weighted by molar-refractivity contribution is 0.310. The summed E-state index contributed by atoms with van der Waals surface area (Å²) in [6, 6.07) is 0. The molecule has 1 nitrogen and oxygen atoms in total. The average molecular weight is 169 g/mol. The summed E-state index contributed by atoms with van der Waals surface area (Å²) in [5.74, 6) is 0. The highest BCUT2D eigenvalue weighted by molar-refractivity contribution is 4.96. The highest BCUT2D eigenvalue weighted by atomic mass is 15.1. The molecule has 0 aromatic carbocycles. The molecule has 0 spiro atoms. The first kappa shape index (κ1) is 11.5. The van der Waals surface area contributed by atoms with Crippen LogP contribution >= 0.6 is 0 Å². The van der Waals surface area contributed by atoms with Gasteiger partial charge in [0.15, 0.2) is 0 Å². The van der Waals surface area contributed by atoms with Gasteiger partial charge in [0.1, 0.15) is 0 Å². The van der Waals surface area contributed by atoms with Crippen molar-refractivity contribution in [1.29, 1.82) is 0 Å². The second kappa shape index (κ2) is 4.54. The summed E-state index contributed by atoms with van der Waals surface area (Å²) in [7, 11) is 0. The number of rotatable bonds is 4. The molecule has 0 rings (SSSR count). The van der Waals surface area contributed by atoms with Crippen molar-refractivity contribution >= 4 is 0 Å². The SMILES string of the molecule is C=C(CC(C)(C)C)N(CC)CC. The molecule has 0 heterocycles. The Morgan fingerprint density at radius 2 is 1.58 bits per heavy atom. The van der Waals surface area contributed by atoms with Gasteiger partial charge in [0.2, 0.25) is 0 Å². The van der Waals surface area contributed by atoms with Gasteiger partial charge in [-0.1, -0.05) is 27.4 Å². The number of nitrogens with zero attached hydrogens (tertiary/aromatic N) is 1. The summed E-state index contributed by atoms with van der Waals surface area (Å²) in [5.41, 5.74) is 1.63. The van der Waals surface area contributed by atoms with E-state index < -0.39 is 0 Å². The molecule has 0 N–H and O–H groups in total. The summed E-state index contributed by atoms with van der Waals surface area (Å²) in [5, 5.41) is 0. The molecule has 0 aromatic heterocycles. The third-order valence-corrected chi connectivity index (χ3v) is 1.95.